The molecule has 1 N–H and O–H groups in total. The first-order valence-electron chi connectivity index (χ1n) is 13.0. The Labute approximate surface area is 231 Å². The standard InChI is InChI=1S/C30H32ClF3N2O3/c1-17(30(32,33)34)27(21-10-9-19-6-5-13-35-24(19)15-21)28(38)36-25-14-20(11-12-23(25)31)22(18-7-8-18)16-26(37)39-29(2,3)4/h5-6,9-15,17-18,22,27H,7-8,16H2,1-4H3,(H,36,38)/t17-,22+,27-/m1/s1. The Morgan fingerprint density at radius 2 is 1.77 bits per heavy atom. The van der Waals surface area contributed by atoms with Crippen molar-refractivity contribution in [2.24, 2.45) is 11.8 Å². The van der Waals surface area contributed by atoms with Gasteiger partial charge in [0, 0.05) is 11.6 Å². The number of pyridine rings is 1. The van der Waals surface area contributed by atoms with E-state index in [-0.39, 0.29) is 40.5 Å². The van der Waals surface area contributed by atoms with Gasteiger partial charge in [-0.05, 0) is 80.8 Å². The summed E-state index contributed by atoms with van der Waals surface area (Å²) >= 11 is 6.39. The highest BCUT2D eigenvalue weighted by atomic mass is 35.5. The van der Waals surface area contributed by atoms with Gasteiger partial charge in [0.05, 0.1) is 34.5 Å². The number of anilines is 1. The second-order valence-corrected chi connectivity index (χ2v) is 11.6. The molecule has 4 rings (SSSR count). The summed E-state index contributed by atoms with van der Waals surface area (Å²) in [5.74, 6) is -4.52. The predicted molar refractivity (Wildman–Crippen MR) is 146 cm³/mol. The van der Waals surface area contributed by atoms with Crippen LogP contribution < -0.4 is 5.32 Å². The number of rotatable bonds is 8. The van der Waals surface area contributed by atoms with Gasteiger partial charge in [0.15, 0.2) is 0 Å². The number of ether oxygens (including phenoxy) is 1. The van der Waals surface area contributed by atoms with Crippen molar-refractivity contribution in [3.63, 3.8) is 0 Å². The van der Waals surface area contributed by atoms with E-state index in [0.717, 1.165) is 30.7 Å². The highest BCUT2D eigenvalue weighted by Crippen LogP contribution is 2.46. The highest BCUT2D eigenvalue weighted by molar-refractivity contribution is 6.33. The van der Waals surface area contributed by atoms with E-state index < -0.39 is 29.5 Å². The van der Waals surface area contributed by atoms with Crippen LogP contribution in [0.3, 0.4) is 0 Å². The number of nitrogens with zero attached hydrogens (tertiary/aromatic N) is 1. The van der Waals surface area contributed by atoms with Crippen molar-refractivity contribution in [3.8, 4) is 0 Å². The molecular weight excluding hydrogens is 529 g/mol. The smallest absolute Gasteiger partial charge is 0.392 e. The van der Waals surface area contributed by atoms with E-state index in [9.17, 15) is 22.8 Å². The van der Waals surface area contributed by atoms with Crippen molar-refractivity contribution >= 4 is 40.1 Å². The molecule has 0 aliphatic heterocycles. The normalized spacial score (nSPS) is 16.4. The minimum Gasteiger partial charge on any atom is -0.460 e. The van der Waals surface area contributed by atoms with E-state index in [1.165, 1.54) is 12.1 Å². The number of aromatic nitrogens is 1. The van der Waals surface area contributed by atoms with Crippen LogP contribution in [0.1, 0.15) is 69.9 Å². The lowest BCUT2D eigenvalue weighted by Crippen LogP contribution is -2.34. The average Bonchev–Trinajstić information content (AvgIpc) is 3.68. The van der Waals surface area contributed by atoms with Crippen LogP contribution in [0.15, 0.2) is 54.7 Å². The number of fused-ring (bicyclic) bond motifs is 1. The Kier molecular flexibility index (Phi) is 8.26. The number of carbonyl (C=O) groups excluding carboxylic acids is 2. The molecule has 208 valence electrons. The number of halogens is 4. The summed E-state index contributed by atoms with van der Waals surface area (Å²) in [7, 11) is 0. The number of nitrogens with one attached hydrogen (secondary N) is 1. The molecule has 1 aliphatic rings. The molecule has 3 atom stereocenters. The van der Waals surface area contributed by atoms with Gasteiger partial charge in [0.1, 0.15) is 5.60 Å². The summed E-state index contributed by atoms with van der Waals surface area (Å²) in [5.41, 5.74) is 1.06. The fraction of sp³-hybridized carbons (Fsp3) is 0.433. The van der Waals surface area contributed by atoms with Gasteiger partial charge in [0.2, 0.25) is 5.91 Å². The van der Waals surface area contributed by atoms with Gasteiger partial charge in [-0.25, -0.2) is 0 Å². The monoisotopic (exact) mass is 560 g/mol. The summed E-state index contributed by atoms with van der Waals surface area (Å²) < 4.78 is 47.3. The van der Waals surface area contributed by atoms with Crippen LogP contribution in [0.4, 0.5) is 18.9 Å². The van der Waals surface area contributed by atoms with Crippen LogP contribution >= 0.6 is 11.6 Å². The van der Waals surface area contributed by atoms with Crippen molar-refractivity contribution in [2.45, 2.75) is 70.6 Å². The number of benzene rings is 2. The van der Waals surface area contributed by atoms with Crippen molar-refractivity contribution < 1.29 is 27.5 Å². The maximum atomic E-state index is 13.9. The first-order chi connectivity index (χ1) is 18.2. The lowest BCUT2D eigenvalue weighted by atomic mass is 9.85. The molecule has 1 heterocycles. The van der Waals surface area contributed by atoms with E-state index in [1.807, 2.05) is 0 Å². The summed E-state index contributed by atoms with van der Waals surface area (Å²) in [6.07, 6.45) is -0.989. The third-order valence-electron chi connectivity index (χ3n) is 6.96. The molecule has 0 unspecified atom stereocenters. The van der Waals surface area contributed by atoms with Crippen molar-refractivity contribution in [1.29, 1.82) is 0 Å². The average molecular weight is 561 g/mol. The van der Waals surface area contributed by atoms with Gasteiger partial charge in [-0.15, -0.1) is 0 Å². The quantitative estimate of drug-likeness (QED) is 0.283. The molecule has 2 aromatic carbocycles. The number of esters is 1. The van der Waals surface area contributed by atoms with Crippen molar-refractivity contribution in [3.05, 3.63) is 70.9 Å². The third-order valence-corrected chi connectivity index (χ3v) is 7.29. The molecule has 1 aromatic heterocycles. The molecule has 0 saturated heterocycles. The van der Waals surface area contributed by atoms with Crippen LogP contribution in [0, 0.1) is 11.8 Å². The molecule has 39 heavy (non-hydrogen) atoms. The van der Waals surface area contributed by atoms with Crippen molar-refractivity contribution in [1.82, 2.24) is 4.98 Å². The molecule has 3 aromatic rings. The van der Waals surface area contributed by atoms with Gasteiger partial charge in [-0.3, -0.25) is 14.6 Å². The van der Waals surface area contributed by atoms with Crippen LogP contribution in [0.25, 0.3) is 10.9 Å². The Morgan fingerprint density at radius 3 is 2.41 bits per heavy atom. The van der Waals surface area contributed by atoms with E-state index in [0.29, 0.717) is 5.52 Å². The zero-order valence-electron chi connectivity index (χ0n) is 22.3. The lowest BCUT2D eigenvalue weighted by Gasteiger charge is -2.26. The molecular formula is C30H32ClF3N2O3. The third kappa shape index (κ3) is 7.29. The summed E-state index contributed by atoms with van der Waals surface area (Å²) in [6, 6.07) is 13.3. The highest BCUT2D eigenvalue weighted by Gasteiger charge is 2.45. The van der Waals surface area contributed by atoms with Gasteiger partial charge < -0.3 is 10.1 Å². The minimum atomic E-state index is -4.61. The van der Waals surface area contributed by atoms with Gasteiger partial charge in [0.25, 0.3) is 0 Å². The first-order valence-corrected chi connectivity index (χ1v) is 13.3. The number of amides is 1. The Morgan fingerprint density at radius 1 is 1.08 bits per heavy atom. The fourth-order valence-corrected chi connectivity index (χ4v) is 5.00. The van der Waals surface area contributed by atoms with Crippen molar-refractivity contribution in [2.75, 3.05) is 5.32 Å². The number of carbonyl (C=O) groups is 2. The number of alkyl halides is 3. The van der Waals surface area contributed by atoms with Gasteiger partial charge >= 0.3 is 12.1 Å². The van der Waals surface area contributed by atoms with Crippen LogP contribution in [-0.4, -0.2) is 28.6 Å². The SMILES string of the molecule is C[C@H]([C@@H](C(=O)Nc1cc([C@@H](CC(=O)OC(C)(C)C)C2CC2)ccc1Cl)c1ccc2cccnc2c1)C(F)(F)F. The molecule has 5 nitrogen and oxygen atoms in total. The van der Waals surface area contributed by atoms with Crippen LogP contribution in [-0.2, 0) is 14.3 Å². The minimum absolute atomic E-state index is 0.149. The van der Waals surface area contributed by atoms with Crippen LogP contribution in [0.5, 0.6) is 0 Å². The second-order valence-electron chi connectivity index (χ2n) is 11.2. The fourth-order valence-electron chi connectivity index (χ4n) is 4.83. The largest absolute Gasteiger partial charge is 0.460 e. The molecule has 0 spiro atoms. The topological polar surface area (TPSA) is 68.3 Å². The molecule has 1 amide bonds. The molecule has 1 fully saturated rings. The Hall–Kier alpha value is -3.13. The molecule has 0 radical (unpaired) electrons. The van der Waals surface area contributed by atoms with E-state index >= 15 is 0 Å². The maximum absolute atomic E-state index is 13.9. The maximum Gasteiger partial charge on any atom is 0.392 e. The van der Waals surface area contributed by atoms with Crippen LogP contribution in [0.2, 0.25) is 5.02 Å². The van der Waals surface area contributed by atoms with E-state index in [4.69, 9.17) is 16.3 Å². The first kappa shape index (κ1) is 28.9. The Bertz CT molecular complexity index is 1370. The second kappa shape index (κ2) is 11.2. The predicted octanol–water partition coefficient (Wildman–Crippen LogP) is 8.03. The summed E-state index contributed by atoms with van der Waals surface area (Å²) in [5, 5.41) is 3.60. The Balaban J connectivity index is 1.63. The molecule has 0 bridgehead atoms. The zero-order valence-corrected chi connectivity index (χ0v) is 23.1. The molecule has 1 saturated carbocycles. The zero-order chi connectivity index (χ0) is 28.5. The summed E-state index contributed by atoms with van der Waals surface area (Å²) in [6.45, 7) is 6.40. The number of hydrogen-bond acceptors (Lipinski definition) is 4. The van der Waals surface area contributed by atoms with E-state index in [1.54, 1.807) is 63.4 Å². The van der Waals surface area contributed by atoms with Gasteiger partial charge in [-0.1, -0.05) is 42.8 Å². The molecule has 9 heteroatoms. The molecule has 1 aliphatic carbocycles. The van der Waals surface area contributed by atoms with Gasteiger partial charge in [-0.2, -0.15) is 13.2 Å². The summed E-state index contributed by atoms with van der Waals surface area (Å²) in [4.78, 5) is 30.3. The number of hydrogen-bond donors (Lipinski definition) is 1. The lowest BCUT2D eigenvalue weighted by molar-refractivity contribution is -0.178. The van der Waals surface area contributed by atoms with E-state index in [2.05, 4.69) is 10.3 Å².